The highest BCUT2D eigenvalue weighted by molar-refractivity contribution is 7.89. The first-order valence-corrected chi connectivity index (χ1v) is 10.6. The Bertz CT molecular complexity index is 921. The normalized spacial score (nSPS) is 21.0. The number of amides is 1. The minimum atomic E-state index is -3.54. The first kappa shape index (κ1) is 19.8. The number of carbonyl (C=O) groups is 1. The quantitative estimate of drug-likeness (QED) is 0.784. The number of sulfonamides is 1. The first-order chi connectivity index (χ1) is 12.8. The summed E-state index contributed by atoms with van der Waals surface area (Å²) in [6.45, 7) is 5.20. The van der Waals surface area contributed by atoms with Crippen LogP contribution in [-0.4, -0.2) is 36.7 Å². The molecular weight excluding hydrogens is 386 g/mol. The van der Waals surface area contributed by atoms with Gasteiger partial charge >= 0.3 is 0 Å². The molecule has 1 aliphatic heterocycles. The summed E-state index contributed by atoms with van der Waals surface area (Å²) in [7, 11) is -3.54. The van der Waals surface area contributed by atoms with Gasteiger partial charge in [0, 0.05) is 25.0 Å². The van der Waals surface area contributed by atoms with E-state index in [2.05, 4.69) is 24.1 Å². The maximum Gasteiger partial charge on any atom is 0.258 e. The van der Waals surface area contributed by atoms with Gasteiger partial charge in [-0.1, -0.05) is 25.4 Å². The van der Waals surface area contributed by atoms with Crippen LogP contribution in [0.5, 0.6) is 0 Å². The van der Waals surface area contributed by atoms with Crippen molar-refractivity contribution in [1.82, 2.24) is 9.29 Å². The Kier molecular flexibility index (Phi) is 5.83. The van der Waals surface area contributed by atoms with Crippen molar-refractivity contribution in [1.29, 1.82) is 0 Å². The number of halogens is 1. The molecule has 1 aromatic carbocycles. The summed E-state index contributed by atoms with van der Waals surface area (Å²) in [4.78, 5) is 16.4. The maximum absolute atomic E-state index is 12.9. The molecule has 1 N–H and O–H groups in total. The van der Waals surface area contributed by atoms with Crippen molar-refractivity contribution in [2.45, 2.75) is 25.2 Å². The van der Waals surface area contributed by atoms with Crippen molar-refractivity contribution in [3.8, 4) is 0 Å². The number of hydrogen-bond donors (Lipinski definition) is 1. The number of rotatable bonds is 4. The number of anilines is 1. The highest BCUT2D eigenvalue weighted by Crippen LogP contribution is 2.27. The third-order valence-electron chi connectivity index (χ3n) is 4.59. The lowest BCUT2D eigenvalue weighted by Crippen LogP contribution is -2.42. The van der Waals surface area contributed by atoms with Crippen molar-refractivity contribution < 1.29 is 13.2 Å². The monoisotopic (exact) mass is 407 g/mol. The molecule has 0 unspecified atom stereocenters. The van der Waals surface area contributed by atoms with Crippen molar-refractivity contribution in [2.75, 3.05) is 18.4 Å². The Morgan fingerprint density at radius 2 is 1.78 bits per heavy atom. The fourth-order valence-electron chi connectivity index (χ4n) is 3.42. The van der Waals surface area contributed by atoms with Gasteiger partial charge in [0.2, 0.25) is 10.0 Å². The largest absolute Gasteiger partial charge is 0.322 e. The highest BCUT2D eigenvalue weighted by atomic mass is 35.5. The van der Waals surface area contributed by atoms with E-state index < -0.39 is 15.9 Å². The standard InChI is InChI=1S/C19H22ClN3O3S/c1-13-10-14(2)12-23(11-13)27(25,26)16-7-5-15(6-8-16)22-19(24)17-4-3-9-21-18(17)20/h3-9,13-14H,10-12H2,1-2H3,(H,22,24)/t13-,14-/m1/s1. The highest BCUT2D eigenvalue weighted by Gasteiger charge is 2.31. The van der Waals surface area contributed by atoms with Gasteiger partial charge in [0.05, 0.1) is 10.5 Å². The molecular formula is C19H22ClN3O3S. The van der Waals surface area contributed by atoms with Gasteiger partial charge < -0.3 is 5.32 Å². The third kappa shape index (κ3) is 4.48. The van der Waals surface area contributed by atoms with Crippen LogP contribution >= 0.6 is 11.6 Å². The number of nitrogens with zero attached hydrogens (tertiary/aromatic N) is 2. The van der Waals surface area contributed by atoms with Crippen LogP contribution in [0.2, 0.25) is 5.15 Å². The Labute approximate surface area is 164 Å². The van der Waals surface area contributed by atoms with Crippen LogP contribution in [-0.2, 0) is 10.0 Å². The summed E-state index contributed by atoms with van der Waals surface area (Å²) in [5.41, 5.74) is 0.742. The molecule has 0 bridgehead atoms. The number of carbonyl (C=O) groups excluding carboxylic acids is 1. The Morgan fingerprint density at radius 3 is 2.37 bits per heavy atom. The average molecular weight is 408 g/mol. The van der Waals surface area contributed by atoms with E-state index in [0.717, 1.165) is 6.42 Å². The van der Waals surface area contributed by atoms with Crippen LogP contribution in [0.15, 0.2) is 47.5 Å². The molecule has 1 aliphatic rings. The maximum atomic E-state index is 12.9. The van der Waals surface area contributed by atoms with Crippen LogP contribution in [0.1, 0.15) is 30.6 Å². The lowest BCUT2D eigenvalue weighted by atomic mass is 9.94. The van der Waals surface area contributed by atoms with Crippen molar-refractivity contribution in [3.63, 3.8) is 0 Å². The van der Waals surface area contributed by atoms with Crippen LogP contribution in [0.25, 0.3) is 0 Å². The van der Waals surface area contributed by atoms with E-state index >= 15 is 0 Å². The zero-order valence-corrected chi connectivity index (χ0v) is 16.8. The van der Waals surface area contributed by atoms with E-state index in [1.165, 1.54) is 18.3 Å². The first-order valence-electron chi connectivity index (χ1n) is 8.79. The van der Waals surface area contributed by atoms with E-state index in [1.807, 2.05) is 0 Å². The van der Waals surface area contributed by atoms with E-state index in [0.29, 0.717) is 30.6 Å². The Morgan fingerprint density at radius 1 is 1.15 bits per heavy atom. The third-order valence-corrected chi connectivity index (χ3v) is 6.74. The average Bonchev–Trinajstić information content (AvgIpc) is 2.61. The molecule has 1 saturated heterocycles. The SMILES string of the molecule is C[C@@H]1C[C@@H](C)CN(S(=O)(=O)c2ccc(NC(=O)c3cccnc3Cl)cc2)C1. The Balaban J connectivity index is 1.75. The summed E-state index contributed by atoms with van der Waals surface area (Å²) in [5.74, 6) is 0.278. The summed E-state index contributed by atoms with van der Waals surface area (Å²) in [6.07, 6.45) is 2.54. The number of nitrogens with one attached hydrogen (secondary N) is 1. The van der Waals surface area contributed by atoms with Crippen molar-refractivity contribution in [3.05, 3.63) is 53.3 Å². The lowest BCUT2D eigenvalue weighted by molar-refractivity contribution is 0.102. The molecule has 0 radical (unpaired) electrons. The van der Waals surface area contributed by atoms with Gasteiger partial charge in [-0.15, -0.1) is 0 Å². The number of hydrogen-bond acceptors (Lipinski definition) is 4. The van der Waals surface area contributed by atoms with E-state index in [4.69, 9.17) is 11.6 Å². The van der Waals surface area contributed by atoms with Crippen LogP contribution in [0.3, 0.4) is 0 Å². The molecule has 0 aliphatic carbocycles. The lowest BCUT2D eigenvalue weighted by Gasteiger charge is -2.34. The van der Waals surface area contributed by atoms with Crippen molar-refractivity contribution in [2.24, 2.45) is 11.8 Å². The second kappa shape index (κ2) is 7.96. The van der Waals surface area contributed by atoms with E-state index in [1.54, 1.807) is 28.6 Å². The van der Waals surface area contributed by atoms with Gasteiger partial charge in [0.15, 0.2) is 0 Å². The fraction of sp³-hybridized carbons (Fsp3) is 0.368. The van der Waals surface area contributed by atoms with Crippen LogP contribution in [0.4, 0.5) is 5.69 Å². The van der Waals surface area contributed by atoms with Crippen molar-refractivity contribution >= 4 is 33.2 Å². The topological polar surface area (TPSA) is 79.4 Å². The number of pyridine rings is 1. The zero-order valence-electron chi connectivity index (χ0n) is 15.2. The van der Waals surface area contributed by atoms with Gasteiger partial charge in [-0.3, -0.25) is 4.79 Å². The number of piperidine rings is 1. The number of benzene rings is 1. The molecule has 1 amide bonds. The molecule has 3 rings (SSSR count). The minimum absolute atomic E-state index is 0.113. The molecule has 0 spiro atoms. The molecule has 1 fully saturated rings. The van der Waals surface area contributed by atoms with Gasteiger partial charge in [-0.05, 0) is 54.7 Å². The molecule has 0 saturated carbocycles. The van der Waals surface area contributed by atoms with Gasteiger partial charge in [0.1, 0.15) is 5.15 Å². The molecule has 1 aromatic heterocycles. The summed E-state index contributed by atoms with van der Waals surface area (Å²) in [6, 6.07) is 9.37. The molecule has 6 nitrogen and oxygen atoms in total. The molecule has 2 heterocycles. The summed E-state index contributed by atoms with van der Waals surface area (Å²) >= 11 is 5.92. The fourth-order valence-corrected chi connectivity index (χ4v) is 5.30. The predicted octanol–water partition coefficient (Wildman–Crippen LogP) is 3.65. The number of aromatic nitrogens is 1. The second-order valence-electron chi connectivity index (χ2n) is 7.09. The summed E-state index contributed by atoms with van der Waals surface area (Å²) in [5, 5.41) is 2.81. The summed E-state index contributed by atoms with van der Waals surface area (Å²) < 4.78 is 27.3. The predicted molar refractivity (Wildman–Crippen MR) is 105 cm³/mol. The smallest absolute Gasteiger partial charge is 0.258 e. The van der Waals surface area contributed by atoms with Gasteiger partial charge in [-0.2, -0.15) is 4.31 Å². The molecule has 2 aromatic rings. The van der Waals surface area contributed by atoms with Crippen LogP contribution in [0, 0.1) is 11.8 Å². The Hall–Kier alpha value is -1.96. The van der Waals surface area contributed by atoms with E-state index in [9.17, 15) is 13.2 Å². The zero-order chi connectivity index (χ0) is 19.6. The van der Waals surface area contributed by atoms with Gasteiger partial charge in [-0.25, -0.2) is 13.4 Å². The minimum Gasteiger partial charge on any atom is -0.322 e. The molecule has 144 valence electrons. The second-order valence-corrected chi connectivity index (χ2v) is 9.38. The van der Waals surface area contributed by atoms with E-state index in [-0.39, 0.29) is 15.6 Å². The molecule has 8 heteroatoms. The molecule has 27 heavy (non-hydrogen) atoms. The molecule has 2 atom stereocenters. The van der Waals surface area contributed by atoms with Crippen LogP contribution < -0.4 is 5.32 Å². The van der Waals surface area contributed by atoms with Gasteiger partial charge in [0.25, 0.3) is 5.91 Å².